The number of para-hydroxylation sites is 2. The van der Waals surface area contributed by atoms with Gasteiger partial charge in [0.15, 0.2) is 5.71 Å². The molecule has 54 heavy (non-hydrogen) atoms. The normalized spacial score (nSPS) is 19.0. The zero-order valence-corrected chi connectivity index (χ0v) is 33.7. The fraction of sp³-hybridized carbons (Fsp3) is 0.380. The van der Waals surface area contributed by atoms with E-state index in [9.17, 15) is 0 Å². The molecule has 0 saturated carbocycles. The van der Waals surface area contributed by atoms with Crippen LogP contribution in [0.15, 0.2) is 133 Å². The van der Waals surface area contributed by atoms with E-state index in [1.54, 1.807) is 0 Å². The Morgan fingerprint density at radius 2 is 1.41 bits per heavy atom. The summed E-state index contributed by atoms with van der Waals surface area (Å²) >= 11 is 0. The number of benzene rings is 3. The van der Waals surface area contributed by atoms with Crippen molar-refractivity contribution in [3.63, 3.8) is 0 Å². The third-order valence-corrected chi connectivity index (χ3v) is 11.4. The molecule has 3 aromatic carbocycles. The van der Waals surface area contributed by atoms with Crippen LogP contribution in [0.2, 0.25) is 0 Å². The fourth-order valence-corrected chi connectivity index (χ4v) is 8.87. The molecule has 0 atom stereocenters. The minimum Gasteiger partial charge on any atom is -0.373 e. The predicted octanol–water partition coefficient (Wildman–Crippen LogP) is 12.1. The predicted molar refractivity (Wildman–Crippen MR) is 229 cm³/mol. The van der Waals surface area contributed by atoms with Crippen molar-refractivity contribution < 1.29 is 14.0 Å². The number of rotatable bonds is 16. The van der Waals surface area contributed by atoms with Crippen LogP contribution in [-0.4, -0.2) is 36.6 Å². The molecule has 0 saturated heterocycles. The molecule has 0 bridgehead atoms. The van der Waals surface area contributed by atoms with Crippen LogP contribution in [0.1, 0.15) is 101 Å². The van der Waals surface area contributed by atoms with Gasteiger partial charge < -0.3 is 14.4 Å². The highest BCUT2D eigenvalue weighted by atomic mass is 16.5. The van der Waals surface area contributed by atoms with Crippen LogP contribution < -0.4 is 4.90 Å². The van der Waals surface area contributed by atoms with Crippen molar-refractivity contribution in [1.82, 2.24) is 0 Å². The molecule has 0 fully saturated rings. The fourth-order valence-electron chi connectivity index (χ4n) is 8.87. The summed E-state index contributed by atoms with van der Waals surface area (Å²) in [7, 11) is 0. The molecule has 1 aliphatic carbocycles. The summed E-state index contributed by atoms with van der Waals surface area (Å²) in [4.78, 5) is 2.55. The Hall–Kier alpha value is -4.51. The largest absolute Gasteiger partial charge is 0.373 e. The van der Waals surface area contributed by atoms with Crippen LogP contribution in [0, 0.1) is 0 Å². The third-order valence-electron chi connectivity index (χ3n) is 11.4. The van der Waals surface area contributed by atoms with Gasteiger partial charge in [0.25, 0.3) is 0 Å². The molecule has 0 aromatic heterocycles. The number of nitrogens with zero attached hydrogens (tertiary/aromatic N) is 2. The summed E-state index contributed by atoms with van der Waals surface area (Å²) in [6.45, 7) is 25.9. The van der Waals surface area contributed by atoms with Gasteiger partial charge in [0, 0.05) is 47.5 Å². The number of allylic oxidation sites excluding steroid dienone is 8. The average molecular weight is 722 g/mol. The van der Waals surface area contributed by atoms with Crippen LogP contribution in [0.25, 0.3) is 5.57 Å². The molecule has 3 aromatic rings. The molecule has 0 amide bonds. The van der Waals surface area contributed by atoms with Gasteiger partial charge in [-0.05, 0) is 90.6 Å². The first kappa shape index (κ1) is 39.2. The number of anilines is 1. The lowest BCUT2D eigenvalue weighted by molar-refractivity contribution is -0.437. The highest BCUT2D eigenvalue weighted by Gasteiger charge is 2.44. The molecule has 6 rings (SSSR count). The maximum atomic E-state index is 6.18. The lowest BCUT2D eigenvalue weighted by Crippen LogP contribution is -2.28. The van der Waals surface area contributed by atoms with E-state index in [2.05, 4.69) is 155 Å². The smallest absolute Gasteiger partial charge is 0.209 e. The number of fused-ring (bicyclic) bond motifs is 2. The van der Waals surface area contributed by atoms with Gasteiger partial charge in [-0.1, -0.05) is 107 Å². The van der Waals surface area contributed by atoms with E-state index >= 15 is 0 Å². The van der Waals surface area contributed by atoms with Crippen LogP contribution in [0.4, 0.5) is 11.4 Å². The quantitative estimate of drug-likeness (QED) is 0.0836. The Morgan fingerprint density at radius 3 is 2.07 bits per heavy atom. The first-order chi connectivity index (χ1) is 26.2. The third kappa shape index (κ3) is 7.70. The molecule has 0 N–H and O–H groups in total. The van der Waals surface area contributed by atoms with E-state index < -0.39 is 0 Å². The summed E-state index contributed by atoms with van der Waals surface area (Å²) < 4.78 is 14.9. The minimum absolute atomic E-state index is 0.105. The van der Waals surface area contributed by atoms with Crippen molar-refractivity contribution in [1.29, 1.82) is 0 Å². The molecular weight excluding hydrogens is 661 g/mol. The number of hydrogen-bond acceptors (Lipinski definition) is 3. The summed E-state index contributed by atoms with van der Waals surface area (Å²) in [5, 5.41) is 0. The molecule has 0 unspecified atom stereocenters. The molecule has 2 heterocycles. The van der Waals surface area contributed by atoms with Crippen LogP contribution in [0.5, 0.6) is 0 Å². The second-order valence-electron chi connectivity index (χ2n) is 15.9. The summed E-state index contributed by atoms with van der Waals surface area (Å²) in [5.41, 5.74) is 15.6. The summed E-state index contributed by atoms with van der Waals surface area (Å²) in [6.07, 6.45) is 18.6. The van der Waals surface area contributed by atoms with Gasteiger partial charge in [0.1, 0.15) is 6.54 Å². The van der Waals surface area contributed by atoms with Crippen molar-refractivity contribution in [3.05, 3.63) is 161 Å². The van der Waals surface area contributed by atoms with Crippen molar-refractivity contribution in [2.45, 2.75) is 97.7 Å². The SMILES string of the molecule is C=CCOCc1cccc(COCC=C)c1C1=C(C=CC2=[N+](CCC)c3ccccc3C2(C)C)CCCC1=CC=C1N(CCC)c2ccccc2C1(C)C. The zero-order chi connectivity index (χ0) is 38.3. The minimum atomic E-state index is -0.105. The van der Waals surface area contributed by atoms with E-state index in [4.69, 9.17) is 9.47 Å². The standard InChI is InChI=1S/C50H61N2O2/c1-9-31-51-43-25-15-13-23-41(43)49(5,6)45(51)29-27-37-19-17-20-38(28-30-46-50(7,8)42-24-14-16-26-44(42)52(46)32-10-2)47(37)48-39(35-53-33-11-3)21-18-22-40(48)36-54-34-12-4/h11-16,18,21-30H,3-4,9-10,17,19-20,31-36H2,1-2,5-8H3/q+1. The van der Waals surface area contributed by atoms with Gasteiger partial charge in [-0.25, -0.2) is 0 Å². The number of hydrogen-bond donors (Lipinski definition) is 0. The molecule has 0 radical (unpaired) electrons. The highest BCUT2D eigenvalue weighted by Crippen LogP contribution is 2.48. The van der Waals surface area contributed by atoms with E-state index in [0.717, 1.165) is 45.2 Å². The maximum absolute atomic E-state index is 6.18. The Balaban J connectivity index is 1.57. The van der Waals surface area contributed by atoms with E-state index in [1.807, 2.05) is 12.2 Å². The number of ether oxygens (including phenoxy) is 2. The van der Waals surface area contributed by atoms with Crippen molar-refractivity contribution in [3.8, 4) is 0 Å². The summed E-state index contributed by atoms with van der Waals surface area (Å²) in [5.74, 6) is 0. The lowest BCUT2D eigenvalue weighted by Gasteiger charge is -2.28. The molecule has 2 aliphatic heterocycles. The maximum Gasteiger partial charge on any atom is 0.209 e. The van der Waals surface area contributed by atoms with Gasteiger partial charge in [-0.3, -0.25) is 0 Å². The molecular formula is C50H61N2O2+. The van der Waals surface area contributed by atoms with Crippen molar-refractivity contribution >= 4 is 22.7 Å². The van der Waals surface area contributed by atoms with E-state index in [-0.39, 0.29) is 10.8 Å². The Kier molecular flexibility index (Phi) is 12.6. The van der Waals surface area contributed by atoms with Crippen LogP contribution in [0.3, 0.4) is 0 Å². The first-order valence-corrected chi connectivity index (χ1v) is 20.1. The lowest BCUT2D eigenvalue weighted by atomic mass is 9.78. The molecule has 4 heteroatoms. The van der Waals surface area contributed by atoms with E-state index in [0.29, 0.717) is 26.4 Å². The molecule has 3 aliphatic rings. The topological polar surface area (TPSA) is 24.7 Å². The van der Waals surface area contributed by atoms with Crippen molar-refractivity contribution in [2.24, 2.45) is 0 Å². The van der Waals surface area contributed by atoms with Crippen LogP contribution in [-0.2, 0) is 33.5 Å². The van der Waals surface area contributed by atoms with Gasteiger partial charge in [-0.15, -0.1) is 13.2 Å². The second-order valence-corrected chi connectivity index (χ2v) is 15.9. The molecule has 0 spiro atoms. The summed E-state index contributed by atoms with van der Waals surface area (Å²) in [6, 6.07) is 24.5. The molecule has 282 valence electrons. The highest BCUT2D eigenvalue weighted by molar-refractivity contribution is 6.03. The second kappa shape index (κ2) is 17.3. The monoisotopic (exact) mass is 721 g/mol. The Bertz CT molecular complexity index is 1980. The van der Waals surface area contributed by atoms with Gasteiger partial charge in [0.2, 0.25) is 5.69 Å². The Labute approximate surface area is 325 Å². The first-order valence-electron chi connectivity index (χ1n) is 20.1. The van der Waals surface area contributed by atoms with Gasteiger partial charge in [0.05, 0.1) is 31.8 Å². The zero-order valence-electron chi connectivity index (χ0n) is 33.7. The van der Waals surface area contributed by atoms with Crippen LogP contribution >= 0.6 is 0 Å². The van der Waals surface area contributed by atoms with Crippen molar-refractivity contribution in [2.75, 3.05) is 31.2 Å². The van der Waals surface area contributed by atoms with Gasteiger partial charge in [-0.2, -0.15) is 4.58 Å². The molecule has 4 nitrogen and oxygen atoms in total. The van der Waals surface area contributed by atoms with Gasteiger partial charge >= 0.3 is 0 Å². The van der Waals surface area contributed by atoms with E-state index in [1.165, 1.54) is 67.3 Å². The average Bonchev–Trinajstić information content (AvgIpc) is 3.52. The Morgan fingerprint density at radius 1 is 0.741 bits per heavy atom.